The van der Waals surface area contributed by atoms with Crippen molar-refractivity contribution in [3.05, 3.63) is 18.0 Å². The predicted molar refractivity (Wildman–Crippen MR) is 51.5 cm³/mol. The smallest absolute Gasteiger partial charge is 0.0658 e. The molecule has 1 aromatic rings. The van der Waals surface area contributed by atoms with Crippen molar-refractivity contribution in [2.24, 2.45) is 5.73 Å². The average Bonchev–Trinajstić information content (AvgIpc) is 2.59. The monoisotopic (exact) mass is 183 g/mol. The Balaban J connectivity index is 2.34. The Hall–Kier alpha value is -0.870. The molecular weight excluding hydrogens is 166 g/mol. The van der Waals surface area contributed by atoms with E-state index in [0.717, 1.165) is 25.9 Å². The number of hydrogen-bond donors (Lipinski definition) is 1. The molecule has 1 rings (SSSR count). The highest BCUT2D eigenvalue weighted by atomic mass is 16.5. The Kier molecular flexibility index (Phi) is 4.49. The van der Waals surface area contributed by atoms with Crippen molar-refractivity contribution in [1.29, 1.82) is 0 Å². The number of hydrogen-bond acceptors (Lipinski definition) is 3. The van der Waals surface area contributed by atoms with Crippen LogP contribution in [0.15, 0.2) is 12.4 Å². The zero-order chi connectivity index (χ0) is 9.52. The maximum Gasteiger partial charge on any atom is 0.0658 e. The number of aryl methyl sites for hydroxylation is 1. The SMILES string of the molecule is COCCn1cc(CCCN)cn1. The van der Waals surface area contributed by atoms with Gasteiger partial charge in [-0.25, -0.2) is 0 Å². The molecule has 0 aliphatic carbocycles. The first-order valence-corrected chi connectivity index (χ1v) is 4.57. The van der Waals surface area contributed by atoms with E-state index >= 15 is 0 Å². The lowest BCUT2D eigenvalue weighted by atomic mass is 10.2. The van der Waals surface area contributed by atoms with Gasteiger partial charge in [0.15, 0.2) is 0 Å². The Labute approximate surface area is 78.7 Å². The van der Waals surface area contributed by atoms with Crippen LogP contribution in [0.25, 0.3) is 0 Å². The van der Waals surface area contributed by atoms with Gasteiger partial charge >= 0.3 is 0 Å². The minimum atomic E-state index is 0.706. The third-order valence-electron chi connectivity index (χ3n) is 1.88. The van der Waals surface area contributed by atoms with Crippen molar-refractivity contribution in [3.8, 4) is 0 Å². The molecule has 0 spiro atoms. The van der Waals surface area contributed by atoms with Crippen LogP contribution in [0.4, 0.5) is 0 Å². The molecule has 0 saturated carbocycles. The first-order valence-electron chi connectivity index (χ1n) is 4.57. The van der Waals surface area contributed by atoms with Gasteiger partial charge in [-0.05, 0) is 24.9 Å². The lowest BCUT2D eigenvalue weighted by Gasteiger charge is -1.98. The second kappa shape index (κ2) is 5.72. The molecule has 13 heavy (non-hydrogen) atoms. The van der Waals surface area contributed by atoms with Gasteiger partial charge in [-0.3, -0.25) is 4.68 Å². The zero-order valence-corrected chi connectivity index (χ0v) is 8.07. The molecule has 0 unspecified atom stereocenters. The summed E-state index contributed by atoms with van der Waals surface area (Å²) in [4.78, 5) is 0. The first-order chi connectivity index (χ1) is 6.36. The molecule has 0 aliphatic heterocycles. The van der Waals surface area contributed by atoms with E-state index in [1.165, 1.54) is 5.56 Å². The summed E-state index contributed by atoms with van der Waals surface area (Å²) in [6.45, 7) is 2.26. The molecule has 1 aromatic heterocycles. The van der Waals surface area contributed by atoms with Gasteiger partial charge in [-0.15, -0.1) is 0 Å². The number of nitrogens with zero attached hydrogens (tertiary/aromatic N) is 2. The van der Waals surface area contributed by atoms with Gasteiger partial charge < -0.3 is 10.5 Å². The molecule has 1 heterocycles. The highest BCUT2D eigenvalue weighted by Gasteiger charge is 1.97. The van der Waals surface area contributed by atoms with Gasteiger partial charge in [-0.2, -0.15) is 5.10 Å². The van der Waals surface area contributed by atoms with E-state index in [-0.39, 0.29) is 0 Å². The maximum atomic E-state index is 5.42. The van der Waals surface area contributed by atoms with Crippen molar-refractivity contribution in [1.82, 2.24) is 9.78 Å². The number of aromatic nitrogens is 2. The largest absolute Gasteiger partial charge is 0.383 e. The summed E-state index contributed by atoms with van der Waals surface area (Å²) in [6, 6.07) is 0. The average molecular weight is 183 g/mol. The first kappa shape index (κ1) is 10.2. The molecule has 4 heteroatoms. The minimum Gasteiger partial charge on any atom is -0.383 e. The second-order valence-corrected chi connectivity index (χ2v) is 3.00. The summed E-state index contributed by atoms with van der Waals surface area (Å²) < 4.78 is 6.85. The normalized spacial score (nSPS) is 10.6. The Bertz CT molecular complexity index is 212. The van der Waals surface area contributed by atoms with Crippen LogP contribution in [-0.4, -0.2) is 30.0 Å². The Morgan fingerprint density at radius 3 is 3.15 bits per heavy atom. The van der Waals surface area contributed by atoms with E-state index in [0.29, 0.717) is 6.61 Å². The molecule has 2 N–H and O–H groups in total. The fourth-order valence-electron chi connectivity index (χ4n) is 1.15. The number of rotatable bonds is 6. The van der Waals surface area contributed by atoms with Gasteiger partial charge in [0.2, 0.25) is 0 Å². The fraction of sp³-hybridized carbons (Fsp3) is 0.667. The lowest BCUT2D eigenvalue weighted by Crippen LogP contribution is -2.04. The molecule has 4 nitrogen and oxygen atoms in total. The summed E-state index contributed by atoms with van der Waals surface area (Å²) in [5, 5.41) is 4.20. The highest BCUT2D eigenvalue weighted by molar-refractivity contribution is 5.03. The third-order valence-corrected chi connectivity index (χ3v) is 1.88. The molecule has 0 fully saturated rings. The van der Waals surface area contributed by atoms with Gasteiger partial charge in [0.1, 0.15) is 0 Å². The van der Waals surface area contributed by atoms with Gasteiger partial charge in [-0.1, -0.05) is 0 Å². The van der Waals surface area contributed by atoms with Crippen molar-refractivity contribution in [2.75, 3.05) is 20.3 Å². The second-order valence-electron chi connectivity index (χ2n) is 3.00. The van der Waals surface area contributed by atoms with Crippen molar-refractivity contribution in [2.45, 2.75) is 19.4 Å². The van der Waals surface area contributed by atoms with E-state index in [4.69, 9.17) is 10.5 Å². The van der Waals surface area contributed by atoms with Gasteiger partial charge in [0.05, 0.1) is 19.3 Å². The standard InChI is InChI=1S/C9H17N3O/c1-13-6-5-12-8-9(7-11-12)3-2-4-10/h7-8H,2-6,10H2,1H3. The predicted octanol–water partition coefficient (Wildman–Crippen LogP) is 0.421. The third kappa shape index (κ3) is 3.57. The summed E-state index contributed by atoms with van der Waals surface area (Å²) in [7, 11) is 1.69. The van der Waals surface area contributed by atoms with Crippen LogP contribution in [0.3, 0.4) is 0 Å². The molecule has 0 bridgehead atoms. The van der Waals surface area contributed by atoms with E-state index in [2.05, 4.69) is 11.3 Å². The Morgan fingerprint density at radius 1 is 1.62 bits per heavy atom. The molecule has 0 aliphatic rings. The molecule has 74 valence electrons. The van der Waals surface area contributed by atoms with Crippen molar-refractivity contribution >= 4 is 0 Å². The van der Waals surface area contributed by atoms with Crippen molar-refractivity contribution in [3.63, 3.8) is 0 Å². The fourth-order valence-corrected chi connectivity index (χ4v) is 1.15. The molecular formula is C9H17N3O. The molecule has 0 aromatic carbocycles. The van der Waals surface area contributed by atoms with Crippen LogP contribution >= 0.6 is 0 Å². The number of methoxy groups -OCH3 is 1. The zero-order valence-electron chi connectivity index (χ0n) is 8.07. The molecule has 0 amide bonds. The lowest BCUT2D eigenvalue weighted by molar-refractivity contribution is 0.183. The van der Waals surface area contributed by atoms with Gasteiger partial charge in [0, 0.05) is 13.3 Å². The molecule has 0 atom stereocenters. The van der Waals surface area contributed by atoms with E-state index in [1.807, 2.05) is 10.9 Å². The summed E-state index contributed by atoms with van der Waals surface area (Å²) in [5.74, 6) is 0. The number of ether oxygens (including phenoxy) is 1. The molecule has 0 radical (unpaired) electrons. The maximum absolute atomic E-state index is 5.42. The topological polar surface area (TPSA) is 53.1 Å². The van der Waals surface area contributed by atoms with Crippen LogP contribution in [-0.2, 0) is 17.7 Å². The number of nitrogens with two attached hydrogens (primary N) is 1. The van der Waals surface area contributed by atoms with E-state index in [1.54, 1.807) is 7.11 Å². The highest BCUT2D eigenvalue weighted by Crippen LogP contribution is 2.00. The molecule has 0 saturated heterocycles. The quantitative estimate of drug-likeness (QED) is 0.695. The van der Waals surface area contributed by atoms with E-state index in [9.17, 15) is 0 Å². The van der Waals surface area contributed by atoms with E-state index < -0.39 is 0 Å². The minimum absolute atomic E-state index is 0.706. The van der Waals surface area contributed by atoms with Crippen LogP contribution < -0.4 is 5.73 Å². The summed E-state index contributed by atoms with van der Waals surface area (Å²) in [5.41, 5.74) is 6.67. The summed E-state index contributed by atoms with van der Waals surface area (Å²) in [6.07, 6.45) is 5.99. The van der Waals surface area contributed by atoms with Crippen molar-refractivity contribution < 1.29 is 4.74 Å². The van der Waals surface area contributed by atoms with Gasteiger partial charge in [0.25, 0.3) is 0 Å². The summed E-state index contributed by atoms with van der Waals surface area (Å²) >= 11 is 0. The van der Waals surface area contributed by atoms with Crippen LogP contribution in [0.5, 0.6) is 0 Å². The Morgan fingerprint density at radius 2 is 2.46 bits per heavy atom. The van der Waals surface area contributed by atoms with Crippen LogP contribution in [0.1, 0.15) is 12.0 Å². The van der Waals surface area contributed by atoms with Crippen LogP contribution in [0, 0.1) is 0 Å². The van der Waals surface area contributed by atoms with Crippen LogP contribution in [0.2, 0.25) is 0 Å².